The number of carbonyl (C=O) groups is 1. The van der Waals surface area contributed by atoms with Crippen molar-refractivity contribution in [2.45, 2.75) is 27.4 Å². The quantitative estimate of drug-likeness (QED) is 0.208. The van der Waals surface area contributed by atoms with Crippen molar-refractivity contribution in [3.05, 3.63) is 69.3 Å². The molecule has 172 valence electrons. The highest BCUT2D eigenvalue weighted by atomic mass is 32.2. The molecule has 32 heavy (non-hydrogen) atoms. The number of hydrogen-bond donors (Lipinski definition) is 4. The van der Waals surface area contributed by atoms with Crippen LogP contribution in [0.3, 0.4) is 0 Å². The average molecular weight is 457 g/mol. The van der Waals surface area contributed by atoms with E-state index in [1.807, 2.05) is 64.4 Å². The minimum absolute atomic E-state index is 0.226. The van der Waals surface area contributed by atoms with E-state index in [4.69, 9.17) is 21.8 Å². The maximum Gasteiger partial charge on any atom is 0.352 e. The molecule has 0 unspecified atom stereocenters. The van der Waals surface area contributed by atoms with E-state index in [0.717, 1.165) is 42.9 Å². The lowest BCUT2D eigenvalue weighted by Crippen LogP contribution is -2.49. The molecule has 2 aromatic carbocycles. The molecule has 0 fully saturated rings. The summed E-state index contributed by atoms with van der Waals surface area (Å²) in [6.45, 7) is 6.04. The van der Waals surface area contributed by atoms with Crippen molar-refractivity contribution in [2.24, 2.45) is 11.7 Å². The van der Waals surface area contributed by atoms with E-state index in [-0.39, 0.29) is 6.61 Å². The fraction of sp³-hybridized carbons (Fsp3) is 0.304. The molecule has 0 aromatic heterocycles. The van der Waals surface area contributed by atoms with Gasteiger partial charge in [0.15, 0.2) is 0 Å². The zero-order valence-corrected chi connectivity index (χ0v) is 20.3. The van der Waals surface area contributed by atoms with Gasteiger partial charge in [-0.1, -0.05) is 12.1 Å². The summed E-state index contributed by atoms with van der Waals surface area (Å²) in [7, 11) is 3.29. The molecular formula is C23H32N6O2S. The van der Waals surface area contributed by atoms with Crippen LogP contribution < -0.4 is 26.7 Å². The van der Waals surface area contributed by atoms with Crippen molar-refractivity contribution in [1.29, 1.82) is 5.41 Å². The molecule has 0 aliphatic rings. The molecule has 0 bridgehead atoms. The van der Waals surface area contributed by atoms with Crippen LogP contribution in [0.1, 0.15) is 29.2 Å². The van der Waals surface area contributed by atoms with Crippen molar-refractivity contribution in [1.82, 2.24) is 10.3 Å². The van der Waals surface area contributed by atoms with E-state index in [2.05, 4.69) is 5.32 Å². The molecule has 2 amide bonds. The number of urea groups is 1. The SMILES string of the molecule is CN/C(SC)=C(/C)C(=N)c1ccc(OCc2c(C)cccc2N(N)C(=O)N(C)N)c(C)c1. The number of anilines is 1. The lowest BCUT2D eigenvalue weighted by atomic mass is 10.0. The predicted octanol–water partition coefficient (Wildman–Crippen LogP) is 3.67. The second kappa shape index (κ2) is 11.0. The van der Waals surface area contributed by atoms with Crippen LogP contribution in [0, 0.1) is 19.3 Å². The zero-order chi connectivity index (χ0) is 24.0. The van der Waals surface area contributed by atoms with Gasteiger partial charge in [-0.2, -0.15) is 0 Å². The number of thioether (sulfide) groups is 1. The summed E-state index contributed by atoms with van der Waals surface area (Å²) < 4.78 is 6.08. The zero-order valence-electron chi connectivity index (χ0n) is 19.4. The number of allylic oxidation sites excluding steroid dienone is 1. The maximum absolute atomic E-state index is 12.2. The largest absolute Gasteiger partial charge is 0.489 e. The third kappa shape index (κ3) is 5.61. The minimum atomic E-state index is -0.537. The van der Waals surface area contributed by atoms with Crippen LogP contribution in [0.25, 0.3) is 0 Å². The van der Waals surface area contributed by atoms with Gasteiger partial charge in [-0.15, -0.1) is 11.8 Å². The van der Waals surface area contributed by atoms with Crippen molar-refractivity contribution in [3.63, 3.8) is 0 Å². The second-order valence-electron chi connectivity index (χ2n) is 7.39. The van der Waals surface area contributed by atoms with Crippen LogP contribution in [-0.4, -0.2) is 37.1 Å². The van der Waals surface area contributed by atoms with Crippen molar-refractivity contribution < 1.29 is 9.53 Å². The Labute approximate surface area is 194 Å². The Morgan fingerprint density at radius 2 is 1.88 bits per heavy atom. The van der Waals surface area contributed by atoms with Gasteiger partial charge in [0.1, 0.15) is 12.4 Å². The number of rotatable bonds is 8. The third-order valence-electron chi connectivity index (χ3n) is 5.14. The number of hydrogen-bond acceptors (Lipinski definition) is 7. The van der Waals surface area contributed by atoms with Gasteiger partial charge in [0.2, 0.25) is 0 Å². The number of carbonyl (C=O) groups excluding carboxylic acids is 1. The molecule has 8 nitrogen and oxygen atoms in total. The van der Waals surface area contributed by atoms with Gasteiger partial charge in [0.25, 0.3) is 0 Å². The monoisotopic (exact) mass is 456 g/mol. The molecule has 0 saturated carbocycles. The molecule has 0 aliphatic carbocycles. The van der Waals surface area contributed by atoms with Gasteiger partial charge in [0.05, 0.1) is 16.4 Å². The van der Waals surface area contributed by atoms with E-state index in [0.29, 0.717) is 17.1 Å². The smallest absolute Gasteiger partial charge is 0.352 e. The van der Waals surface area contributed by atoms with Gasteiger partial charge in [0, 0.05) is 30.8 Å². The molecular weight excluding hydrogens is 424 g/mol. The van der Waals surface area contributed by atoms with Crippen LogP contribution in [0.15, 0.2) is 47.0 Å². The summed E-state index contributed by atoms with van der Waals surface area (Å²) in [4.78, 5) is 12.2. The molecule has 0 heterocycles. The molecule has 2 rings (SSSR count). The lowest BCUT2D eigenvalue weighted by Gasteiger charge is -2.24. The van der Waals surface area contributed by atoms with Gasteiger partial charge in [-0.3, -0.25) is 10.4 Å². The Bertz CT molecular complexity index is 1030. The first-order valence-corrected chi connectivity index (χ1v) is 11.3. The first-order chi connectivity index (χ1) is 15.1. The Hall–Kier alpha value is -3.01. The highest BCUT2D eigenvalue weighted by Crippen LogP contribution is 2.27. The Morgan fingerprint density at radius 1 is 1.19 bits per heavy atom. The molecule has 9 heteroatoms. The molecule has 0 spiro atoms. The number of nitrogens with two attached hydrogens (primary N) is 2. The average Bonchev–Trinajstić information content (AvgIpc) is 2.77. The fourth-order valence-electron chi connectivity index (χ4n) is 3.26. The first-order valence-electron chi connectivity index (χ1n) is 10.0. The van der Waals surface area contributed by atoms with Crippen molar-refractivity contribution in [2.75, 3.05) is 25.4 Å². The van der Waals surface area contributed by atoms with Crippen molar-refractivity contribution in [3.8, 4) is 5.75 Å². The number of nitrogens with one attached hydrogen (secondary N) is 2. The molecule has 2 aromatic rings. The number of hydrazine groups is 2. The first kappa shape index (κ1) is 25.3. The van der Waals surface area contributed by atoms with E-state index < -0.39 is 6.03 Å². The van der Waals surface area contributed by atoms with E-state index in [1.54, 1.807) is 17.8 Å². The predicted molar refractivity (Wildman–Crippen MR) is 133 cm³/mol. The second-order valence-corrected chi connectivity index (χ2v) is 8.20. The van der Waals surface area contributed by atoms with Gasteiger partial charge in [-0.05, 0) is 62.4 Å². The summed E-state index contributed by atoms with van der Waals surface area (Å²) in [6.07, 6.45) is 1.98. The number of aryl methyl sites for hydroxylation is 2. The summed E-state index contributed by atoms with van der Waals surface area (Å²) in [6, 6.07) is 10.7. The highest BCUT2D eigenvalue weighted by Gasteiger charge is 2.19. The van der Waals surface area contributed by atoms with Crippen LogP contribution in [-0.2, 0) is 6.61 Å². The topological polar surface area (TPSA) is 121 Å². The van der Waals surface area contributed by atoms with Crippen LogP contribution in [0.4, 0.5) is 10.5 Å². The summed E-state index contributed by atoms with van der Waals surface area (Å²) in [5.74, 6) is 12.3. The molecule has 6 N–H and O–H groups in total. The number of nitrogens with zero attached hydrogens (tertiary/aromatic N) is 2. The van der Waals surface area contributed by atoms with E-state index in [1.165, 1.54) is 7.05 Å². The number of amides is 2. The van der Waals surface area contributed by atoms with Crippen molar-refractivity contribution >= 4 is 29.2 Å². The fourth-order valence-corrected chi connectivity index (χ4v) is 3.88. The van der Waals surface area contributed by atoms with E-state index in [9.17, 15) is 4.79 Å². The minimum Gasteiger partial charge on any atom is -0.489 e. The van der Waals surface area contributed by atoms with Crippen LogP contribution in [0.2, 0.25) is 0 Å². The van der Waals surface area contributed by atoms with Gasteiger partial charge >= 0.3 is 6.03 Å². The number of ether oxygens (including phenoxy) is 1. The normalized spacial score (nSPS) is 11.5. The molecule has 0 radical (unpaired) electrons. The molecule has 0 saturated heterocycles. The van der Waals surface area contributed by atoms with Crippen LogP contribution >= 0.6 is 11.8 Å². The van der Waals surface area contributed by atoms with Gasteiger partial charge in [-0.25, -0.2) is 21.5 Å². The summed E-state index contributed by atoms with van der Waals surface area (Å²) in [5, 5.41) is 14.6. The summed E-state index contributed by atoms with van der Waals surface area (Å²) >= 11 is 1.58. The van der Waals surface area contributed by atoms with Gasteiger partial charge < -0.3 is 10.1 Å². The Morgan fingerprint density at radius 3 is 2.44 bits per heavy atom. The third-order valence-corrected chi connectivity index (χ3v) is 6.05. The number of benzene rings is 2. The summed E-state index contributed by atoms with van der Waals surface area (Å²) in [5.41, 5.74) is 5.33. The highest BCUT2D eigenvalue weighted by molar-refractivity contribution is 8.02. The standard InChI is InChI=1S/C23H32N6O2S/c1-14-8-7-9-19(29(26)23(30)28(5)25)18(14)13-31-20-11-10-17(12-15(20)2)21(24)16(3)22(27-4)32-6/h7-12,24,27H,13,25-26H2,1-6H3/b22-16+,24-21?. The lowest BCUT2D eigenvalue weighted by molar-refractivity contribution is 0.216. The Balaban J connectivity index is 2.27. The van der Waals surface area contributed by atoms with E-state index >= 15 is 0 Å². The maximum atomic E-state index is 12.2. The molecule has 0 aliphatic heterocycles. The van der Waals surface area contributed by atoms with Crippen LogP contribution in [0.5, 0.6) is 5.75 Å². The Kier molecular flexibility index (Phi) is 8.71. The molecule has 0 atom stereocenters.